The highest BCUT2D eigenvalue weighted by atomic mass is 16.4. The number of nitrogens with zero attached hydrogens (tertiary/aromatic N) is 1. The third-order valence-corrected chi connectivity index (χ3v) is 3.68. The third-order valence-electron chi connectivity index (χ3n) is 3.68. The van der Waals surface area contributed by atoms with Gasteiger partial charge >= 0.3 is 5.97 Å². The summed E-state index contributed by atoms with van der Waals surface area (Å²) in [4.78, 5) is 24.8. The van der Waals surface area contributed by atoms with Crippen molar-refractivity contribution in [2.45, 2.75) is 13.0 Å². The van der Waals surface area contributed by atoms with E-state index < -0.39 is 5.97 Å². The number of amides is 1. The average molecular weight is 288 g/mol. The molecule has 6 nitrogen and oxygen atoms in total. The van der Waals surface area contributed by atoms with E-state index in [1.807, 2.05) is 18.2 Å². The van der Waals surface area contributed by atoms with Gasteiger partial charge in [-0.1, -0.05) is 18.2 Å². The summed E-state index contributed by atoms with van der Waals surface area (Å²) in [7, 11) is 0. The highest BCUT2D eigenvalue weighted by Crippen LogP contribution is 2.27. The van der Waals surface area contributed by atoms with Crippen molar-refractivity contribution in [3.8, 4) is 0 Å². The molecule has 1 aliphatic rings. The van der Waals surface area contributed by atoms with Crippen molar-refractivity contribution in [3.63, 3.8) is 0 Å². The van der Waals surface area contributed by atoms with E-state index in [1.54, 1.807) is 6.07 Å². The molecule has 0 saturated carbocycles. The summed E-state index contributed by atoms with van der Waals surface area (Å²) < 4.78 is 5.45. The summed E-state index contributed by atoms with van der Waals surface area (Å²) in [5.41, 5.74) is 1.25. The van der Waals surface area contributed by atoms with Crippen LogP contribution in [0.15, 0.2) is 28.7 Å². The Balaban J connectivity index is 1.93. The minimum atomic E-state index is -1.06. The zero-order valence-electron chi connectivity index (χ0n) is 11.5. The Labute approximate surface area is 121 Å². The predicted molar refractivity (Wildman–Crippen MR) is 76.1 cm³/mol. The Hall–Kier alpha value is -2.34. The summed E-state index contributed by atoms with van der Waals surface area (Å²) in [6.45, 7) is 2.36. The average Bonchev–Trinajstić information content (AvgIpc) is 2.70. The fourth-order valence-corrected chi connectivity index (χ4v) is 2.62. The molecule has 2 heterocycles. The van der Waals surface area contributed by atoms with Gasteiger partial charge < -0.3 is 14.8 Å². The quantitative estimate of drug-likeness (QED) is 0.893. The topological polar surface area (TPSA) is 82.8 Å². The van der Waals surface area contributed by atoms with E-state index in [0.29, 0.717) is 43.7 Å². The second-order valence-electron chi connectivity index (χ2n) is 5.09. The number of para-hydroxylation sites is 1. The number of furan rings is 1. The largest absolute Gasteiger partial charge is 0.475 e. The molecule has 0 bridgehead atoms. The molecule has 6 heteroatoms. The predicted octanol–water partition coefficient (Wildman–Crippen LogP) is 1.45. The van der Waals surface area contributed by atoms with Crippen LogP contribution in [-0.2, 0) is 11.3 Å². The number of benzene rings is 1. The number of carbonyl (C=O) groups is 2. The minimum absolute atomic E-state index is 0.0141. The van der Waals surface area contributed by atoms with Crippen LogP contribution in [0.25, 0.3) is 11.0 Å². The van der Waals surface area contributed by atoms with E-state index in [1.165, 1.54) is 0 Å². The Morgan fingerprint density at radius 1 is 1.33 bits per heavy atom. The molecule has 2 N–H and O–H groups in total. The molecule has 0 aliphatic carbocycles. The first-order valence-electron chi connectivity index (χ1n) is 6.88. The van der Waals surface area contributed by atoms with Crippen molar-refractivity contribution >= 4 is 22.8 Å². The van der Waals surface area contributed by atoms with Gasteiger partial charge in [0, 0.05) is 43.5 Å². The number of carboxylic acid groups (broad SMARTS) is 1. The van der Waals surface area contributed by atoms with Crippen LogP contribution in [-0.4, -0.2) is 41.5 Å². The minimum Gasteiger partial charge on any atom is -0.475 e. The van der Waals surface area contributed by atoms with E-state index in [9.17, 15) is 14.7 Å². The van der Waals surface area contributed by atoms with Gasteiger partial charge in [0.25, 0.3) is 0 Å². The Kier molecular flexibility index (Phi) is 3.62. The van der Waals surface area contributed by atoms with Crippen molar-refractivity contribution in [1.29, 1.82) is 0 Å². The SMILES string of the molecule is O=C1CCN(Cc2c(C(=O)O)oc3ccccc23)CCN1. The van der Waals surface area contributed by atoms with Crippen molar-refractivity contribution in [2.24, 2.45) is 0 Å². The molecule has 1 aromatic heterocycles. The number of aromatic carboxylic acids is 1. The molecule has 1 aliphatic heterocycles. The number of hydrogen-bond acceptors (Lipinski definition) is 4. The molecular formula is C15H16N2O4. The van der Waals surface area contributed by atoms with Crippen molar-refractivity contribution in [1.82, 2.24) is 10.2 Å². The molecule has 1 amide bonds. The number of fused-ring (bicyclic) bond motifs is 1. The molecule has 1 saturated heterocycles. The van der Waals surface area contributed by atoms with Crippen LogP contribution in [0.2, 0.25) is 0 Å². The first kappa shape index (κ1) is 13.6. The van der Waals surface area contributed by atoms with E-state index in [0.717, 1.165) is 5.39 Å². The number of carboxylic acids is 1. The maximum atomic E-state index is 11.4. The standard InChI is InChI=1S/C15H16N2O4/c18-13-5-7-17(8-6-16-13)9-11-10-3-1-2-4-12(10)21-14(11)15(19)20/h1-4H,5-9H2,(H,16,18)(H,19,20). The number of carbonyl (C=O) groups excluding carboxylic acids is 1. The van der Waals surface area contributed by atoms with Crippen LogP contribution < -0.4 is 5.32 Å². The van der Waals surface area contributed by atoms with E-state index in [-0.39, 0.29) is 11.7 Å². The summed E-state index contributed by atoms with van der Waals surface area (Å²) in [5, 5.41) is 12.9. The highest BCUT2D eigenvalue weighted by molar-refractivity contribution is 5.95. The van der Waals surface area contributed by atoms with Crippen LogP contribution in [0.4, 0.5) is 0 Å². The normalized spacial score (nSPS) is 16.7. The number of hydrogen-bond donors (Lipinski definition) is 2. The van der Waals surface area contributed by atoms with Gasteiger partial charge in [-0.05, 0) is 6.07 Å². The van der Waals surface area contributed by atoms with Crippen molar-refractivity contribution in [3.05, 3.63) is 35.6 Å². The molecular weight excluding hydrogens is 272 g/mol. The van der Waals surface area contributed by atoms with Crippen LogP contribution in [0.3, 0.4) is 0 Å². The molecule has 1 fully saturated rings. The van der Waals surface area contributed by atoms with E-state index in [4.69, 9.17) is 4.42 Å². The summed E-state index contributed by atoms with van der Waals surface area (Å²) in [5.74, 6) is -1.04. The van der Waals surface area contributed by atoms with Crippen LogP contribution in [0, 0.1) is 0 Å². The number of rotatable bonds is 3. The molecule has 3 rings (SSSR count). The molecule has 110 valence electrons. The van der Waals surface area contributed by atoms with Gasteiger partial charge in [-0.15, -0.1) is 0 Å². The lowest BCUT2D eigenvalue weighted by Gasteiger charge is -2.18. The molecule has 0 unspecified atom stereocenters. The lowest BCUT2D eigenvalue weighted by molar-refractivity contribution is -0.120. The number of nitrogens with one attached hydrogen (secondary N) is 1. The lowest BCUT2D eigenvalue weighted by atomic mass is 10.1. The van der Waals surface area contributed by atoms with Crippen molar-refractivity contribution in [2.75, 3.05) is 19.6 Å². The Morgan fingerprint density at radius 2 is 2.14 bits per heavy atom. The van der Waals surface area contributed by atoms with Gasteiger partial charge in [0.1, 0.15) is 5.58 Å². The van der Waals surface area contributed by atoms with Gasteiger partial charge in [0.05, 0.1) is 0 Å². The van der Waals surface area contributed by atoms with E-state index >= 15 is 0 Å². The molecule has 21 heavy (non-hydrogen) atoms. The first-order valence-corrected chi connectivity index (χ1v) is 6.88. The summed E-state index contributed by atoms with van der Waals surface area (Å²) in [6, 6.07) is 7.30. The maximum Gasteiger partial charge on any atom is 0.372 e. The van der Waals surface area contributed by atoms with Crippen LogP contribution in [0.1, 0.15) is 22.5 Å². The second-order valence-corrected chi connectivity index (χ2v) is 5.09. The van der Waals surface area contributed by atoms with Crippen molar-refractivity contribution < 1.29 is 19.1 Å². The van der Waals surface area contributed by atoms with Gasteiger partial charge in [-0.2, -0.15) is 0 Å². The Bertz CT molecular complexity index is 692. The monoisotopic (exact) mass is 288 g/mol. The molecule has 0 atom stereocenters. The van der Waals surface area contributed by atoms with Gasteiger partial charge in [-0.25, -0.2) is 4.79 Å². The maximum absolute atomic E-state index is 11.4. The van der Waals surface area contributed by atoms with Crippen LogP contribution in [0.5, 0.6) is 0 Å². The summed E-state index contributed by atoms with van der Waals surface area (Å²) in [6.07, 6.45) is 0.429. The van der Waals surface area contributed by atoms with Gasteiger partial charge in [-0.3, -0.25) is 9.69 Å². The Morgan fingerprint density at radius 3 is 2.95 bits per heavy atom. The lowest BCUT2D eigenvalue weighted by Crippen LogP contribution is -2.28. The van der Waals surface area contributed by atoms with E-state index in [2.05, 4.69) is 10.2 Å². The fraction of sp³-hybridized carbons (Fsp3) is 0.333. The van der Waals surface area contributed by atoms with Gasteiger partial charge in [0.2, 0.25) is 11.7 Å². The first-order chi connectivity index (χ1) is 10.1. The zero-order chi connectivity index (χ0) is 14.8. The molecule has 1 aromatic carbocycles. The summed E-state index contributed by atoms with van der Waals surface area (Å²) >= 11 is 0. The molecule has 0 radical (unpaired) electrons. The molecule has 2 aromatic rings. The zero-order valence-corrected chi connectivity index (χ0v) is 11.5. The van der Waals surface area contributed by atoms with Crippen LogP contribution >= 0.6 is 0 Å². The second kappa shape index (κ2) is 5.57. The third kappa shape index (κ3) is 2.75. The fourth-order valence-electron chi connectivity index (χ4n) is 2.62. The highest BCUT2D eigenvalue weighted by Gasteiger charge is 2.22. The smallest absolute Gasteiger partial charge is 0.372 e. The van der Waals surface area contributed by atoms with Gasteiger partial charge in [0.15, 0.2) is 0 Å². The molecule has 0 spiro atoms.